The minimum atomic E-state index is -0.598. The molecule has 30 heavy (non-hydrogen) atoms. The zero-order chi connectivity index (χ0) is 21.8. The number of carbonyl (C=O) groups is 2. The van der Waals surface area contributed by atoms with Crippen molar-refractivity contribution in [3.63, 3.8) is 0 Å². The zero-order valence-electron chi connectivity index (χ0n) is 17.0. The molecule has 0 saturated heterocycles. The first-order valence-corrected chi connectivity index (χ1v) is 9.41. The van der Waals surface area contributed by atoms with Gasteiger partial charge in [0.05, 0.1) is 12.9 Å². The molecule has 0 fully saturated rings. The van der Waals surface area contributed by atoms with Crippen molar-refractivity contribution < 1.29 is 14.3 Å². The third kappa shape index (κ3) is 4.17. The number of esters is 1. The topological polar surface area (TPSA) is 117 Å². The number of amides is 1. The Hall–Kier alpha value is -3.69. The molecule has 0 aliphatic carbocycles. The van der Waals surface area contributed by atoms with E-state index in [2.05, 4.69) is 10.3 Å². The Morgan fingerprint density at radius 1 is 1.17 bits per heavy atom. The largest absolute Gasteiger partial charge is 0.464 e. The fraction of sp³-hybridized carbons (Fsp3) is 0.350. The standard InChI is InChI=1S/C20H23N5O5/c1-13-7-4-5-8-14(13)18(27)21-11-15(26)30-10-6-9-25-19(28)16-17(22-12-23(16)2)24(3)20(25)29/h4-5,7-8,12H,6,9-11H2,1-3H3,(H,21,27). The number of nitrogens with zero attached hydrogens (tertiary/aromatic N) is 4. The van der Waals surface area contributed by atoms with Gasteiger partial charge < -0.3 is 14.6 Å². The van der Waals surface area contributed by atoms with Crippen LogP contribution in [-0.2, 0) is 30.2 Å². The molecule has 10 heteroatoms. The van der Waals surface area contributed by atoms with Crippen LogP contribution in [0, 0.1) is 6.92 Å². The molecule has 1 amide bonds. The summed E-state index contributed by atoms with van der Waals surface area (Å²) >= 11 is 0. The predicted octanol–water partition coefficient (Wildman–Crippen LogP) is 0.105. The fourth-order valence-electron chi connectivity index (χ4n) is 3.13. The minimum absolute atomic E-state index is 0.0120. The smallest absolute Gasteiger partial charge is 0.332 e. The number of benzene rings is 1. The van der Waals surface area contributed by atoms with Gasteiger partial charge in [-0.05, 0) is 25.0 Å². The number of rotatable bonds is 7. The molecular weight excluding hydrogens is 390 g/mol. The van der Waals surface area contributed by atoms with Gasteiger partial charge in [-0.2, -0.15) is 0 Å². The van der Waals surface area contributed by atoms with Crippen molar-refractivity contribution >= 4 is 23.0 Å². The second kappa shape index (κ2) is 8.76. The maximum absolute atomic E-state index is 12.6. The number of aryl methyl sites for hydroxylation is 3. The highest BCUT2D eigenvalue weighted by Gasteiger charge is 2.15. The monoisotopic (exact) mass is 413 g/mol. The van der Waals surface area contributed by atoms with Crippen molar-refractivity contribution in [1.82, 2.24) is 24.0 Å². The molecule has 0 radical (unpaired) electrons. The number of hydrogen-bond donors (Lipinski definition) is 1. The quantitative estimate of drug-likeness (QED) is 0.434. The Morgan fingerprint density at radius 3 is 2.63 bits per heavy atom. The van der Waals surface area contributed by atoms with Gasteiger partial charge in [-0.25, -0.2) is 9.78 Å². The number of hydrogen-bond acceptors (Lipinski definition) is 6. The van der Waals surface area contributed by atoms with Crippen LogP contribution >= 0.6 is 0 Å². The predicted molar refractivity (Wildman–Crippen MR) is 109 cm³/mol. The summed E-state index contributed by atoms with van der Waals surface area (Å²) in [5.41, 5.74) is 1.02. The number of aromatic nitrogens is 4. The summed E-state index contributed by atoms with van der Waals surface area (Å²) in [6.07, 6.45) is 1.75. The highest BCUT2D eigenvalue weighted by atomic mass is 16.5. The van der Waals surface area contributed by atoms with Crippen LogP contribution in [0.5, 0.6) is 0 Å². The Bertz CT molecular complexity index is 1220. The third-order valence-electron chi connectivity index (χ3n) is 4.77. The molecule has 1 aromatic carbocycles. The van der Waals surface area contributed by atoms with Crippen LogP contribution in [0.3, 0.4) is 0 Å². The van der Waals surface area contributed by atoms with Gasteiger partial charge in [0.2, 0.25) is 0 Å². The summed E-state index contributed by atoms with van der Waals surface area (Å²) < 4.78 is 9.06. The van der Waals surface area contributed by atoms with E-state index in [1.807, 2.05) is 19.1 Å². The molecule has 0 unspecified atom stereocenters. The van der Waals surface area contributed by atoms with E-state index < -0.39 is 17.2 Å². The Balaban J connectivity index is 1.53. The van der Waals surface area contributed by atoms with Gasteiger partial charge in [0.1, 0.15) is 6.54 Å². The molecule has 0 atom stereocenters. The van der Waals surface area contributed by atoms with Gasteiger partial charge in [0.25, 0.3) is 11.5 Å². The van der Waals surface area contributed by atoms with E-state index in [4.69, 9.17) is 4.74 Å². The van der Waals surface area contributed by atoms with Gasteiger partial charge >= 0.3 is 11.7 Å². The van der Waals surface area contributed by atoms with Gasteiger partial charge in [-0.15, -0.1) is 0 Å². The van der Waals surface area contributed by atoms with Crippen LogP contribution in [0.4, 0.5) is 0 Å². The van der Waals surface area contributed by atoms with Crippen molar-refractivity contribution in [2.75, 3.05) is 13.2 Å². The summed E-state index contributed by atoms with van der Waals surface area (Å²) in [7, 11) is 3.23. The molecule has 158 valence electrons. The number of carbonyl (C=O) groups excluding carboxylic acids is 2. The molecule has 0 aliphatic rings. The van der Waals surface area contributed by atoms with Crippen molar-refractivity contribution in [3.05, 3.63) is 62.6 Å². The second-order valence-corrected chi connectivity index (χ2v) is 6.90. The van der Waals surface area contributed by atoms with Crippen molar-refractivity contribution in [2.45, 2.75) is 19.9 Å². The lowest BCUT2D eigenvalue weighted by atomic mass is 10.1. The highest BCUT2D eigenvalue weighted by molar-refractivity contribution is 5.97. The van der Waals surface area contributed by atoms with Crippen molar-refractivity contribution in [1.29, 1.82) is 0 Å². The van der Waals surface area contributed by atoms with E-state index in [1.165, 1.54) is 10.9 Å². The molecule has 10 nitrogen and oxygen atoms in total. The number of fused-ring (bicyclic) bond motifs is 1. The van der Waals surface area contributed by atoms with E-state index in [0.29, 0.717) is 16.7 Å². The molecule has 1 N–H and O–H groups in total. The van der Waals surface area contributed by atoms with Gasteiger partial charge in [-0.3, -0.25) is 23.5 Å². The Labute approximate surface area is 171 Å². The van der Waals surface area contributed by atoms with Gasteiger partial charge in [0, 0.05) is 26.2 Å². The first-order valence-electron chi connectivity index (χ1n) is 9.41. The van der Waals surface area contributed by atoms with Crippen LogP contribution in [0.2, 0.25) is 0 Å². The van der Waals surface area contributed by atoms with Crippen LogP contribution in [0.25, 0.3) is 11.2 Å². The summed E-state index contributed by atoms with van der Waals surface area (Å²) in [6, 6.07) is 7.05. The number of ether oxygens (including phenoxy) is 1. The SMILES string of the molecule is Cc1ccccc1C(=O)NCC(=O)OCCCn1c(=O)c2c(ncn2C)n(C)c1=O. The fourth-order valence-corrected chi connectivity index (χ4v) is 3.13. The molecule has 3 aromatic rings. The van der Waals surface area contributed by atoms with Crippen molar-refractivity contribution in [3.8, 4) is 0 Å². The normalized spacial score (nSPS) is 10.9. The first-order chi connectivity index (χ1) is 14.3. The highest BCUT2D eigenvalue weighted by Crippen LogP contribution is 2.06. The average molecular weight is 413 g/mol. The number of nitrogens with one attached hydrogen (secondary N) is 1. The lowest BCUT2D eigenvalue weighted by Gasteiger charge is -2.10. The third-order valence-corrected chi connectivity index (χ3v) is 4.77. The van der Waals surface area contributed by atoms with E-state index in [9.17, 15) is 19.2 Å². The van der Waals surface area contributed by atoms with Crippen molar-refractivity contribution in [2.24, 2.45) is 14.1 Å². The summed E-state index contributed by atoms with van der Waals surface area (Å²) in [5.74, 6) is -0.955. The van der Waals surface area contributed by atoms with Crippen LogP contribution in [0.1, 0.15) is 22.3 Å². The molecule has 0 saturated carbocycles. The average Bonchev–Trinajstić information content (AvgIpc) is 3.12. The maximum atomic E-state index is 12.6. The molecule has 2 heterocycles. The lowest BCUT2D eigenvalue weighted by Crippen LogP contribution is -2.40. The molecule has 0 aliphatic heterocycles. The maximum Gasteiger partial charge on any atom is 0.332 e. The van der Waals surface area contributed by atoms with E-state index in [0.717, 1.165) is 10.1 Å². The molecular formula is C20H23N5O5. The van der Waals surface area contributed by atoms with Crippen LogP contribution in [0.15, 0.2) is 40.2 Å². The Morgan fingerprint density at radius 2 is 1.90 bits per heavy atom. The minimum Gasteiger partial charge on any atom is -0.464 e. The molecule has 0 spiro atoms. The second-order valence-electron chi connectivity index (χ2n) is 6.90. The van der Waals surface area contributed by atoms with Crippen LogP contribution in [-0.4, -0.2) is 43.7 Å². The summed E-state index contributed by atoms with van der Waals surface area (Å²) in [6.45, 7) is 1.64. The lowest BCUT2D eigenvalue weighted by molar-refractivity contribution is -0.142. The summed E-state index contributed by atoms with van der Waals surface area (Å²) in [4.78, 5) is 53.0. The molecule has 3 rings (SSSR count). The van der Waals surface area contributed by atoms with Gasteiger partial charge in [0.15, 0.2) is 11.2 Å². The Kier molecular flexibility index (Phi) is 6.14. The van der Waals surface area contributed by atoms with E-state index in [1.54, 1.807) is 30.8 Å². The first kappa shape index (κ1) is 21.0. The van der Waals surface area contributed by atoms with Crippen LogP contribution < -0.4 is 16.6 Å². The number of imidazole rings is 1. The molecule has 2 aromatic heterocycles. The van der Waals surface area contributed by atoms with E-state index in [-0.39, 0.29) is 32.0 Å². The molecule has 0 bridgehead atoms. The summed E-state index contributed by atoms with van der Waals surface area (Å²) in [5, 5.41) is 2.52. The zero-order valence-corrected chi connectivity index (χ0v) is 17.0. The van der Waals surface area contributed by atoms with Gasteiger partial charge in [-0.1, -0.05) is 18.2 Å². The van der Waals surface area contributed by atoms with E-state index >= 15 is 0 Å².